The average Bonchev–Trinajstić information content (AvgIpc) is 2.74. The third-order valence-electron chi connectivity index (χ3n) is 5.64. The van der Waals surface area contributed by atoms with Gasteiger partial charge in [-0.25, -0.2) is 0 Å². The summed E-state index contributed by atoms with van der Waals surface area (Å²) in [5.74, 6) is -0.441. The Morgan fingerprint density at radius 2 is 1.81 bits per heavy atom. The van der Waals surface area contributed by atoms with Gasteiger partial charge in [0.2, 0.25) is 0 Å². The molecule has 1 aliphatic heterocycles. The maximum Gasteiger partial charge on any atom is 0.416 e. The number of nitrogens with one attached hydrogen (secondary N) is 1. The van der Waals surface area contributed by atoms with Crippen molar-refractivity contribution in [3.05, 3.63) is 64.2 Å². The molecule has 5 nitrogen and oxygen atoms in total. The van der Waals surface area contributed by atoms with Crippen LogP contribution in [0.3, 0.4) is 0 Å². The molecule has 0 aromatic heterocycles. The van der Waals surface area contributed by atoms with Gasteiger partial charge in [0, 0.05) is 44.0 Å². The van der Waals surface area contributed by atoms with Gasteiger partial charge in [-0.05, 0) is 54.4 Å². The molecule has 1 N–H and O–H groups in total. The van der Waals surface area contributed by atoms with Crippen LogP contribution in [0.2, 0.25) is 0 Å². The van der Waals surface area contributed by atoms with E-state index in [4.69, 9.17) is 0 Å². The minimum absolute atomic E-state index is 0.0837. The molecule has 0 aliphatic carbocycles. The van der Waals surface area contributed by atoms with Crippen LogP contribution in [-0.2, 0) is 12.7 Å². The second kappa shape index (κ2) is 9.72. The zero-order valence-corrected chi connectivity index (χ0v) is 18.5. The van der Waals surface area contributed by atoms with Gasteiger partial charge in [-0.15, -0.1) is 0 Å². The molecule has 0 atom stereocenters. The molecule has 1 heterocycles. The summed E-state index contributed by atoms with van der Waals surface area (Å²) in [5, 5.41) is 12.0. The number of anilines is 1. The number of hydrogen-bond donors (Lipinski definition) is 1. The van der Waals surface area contributed by atoms with E-state index in [9.17, 15) is 23.2 Å². The van der Waals surface area contributed by atoms with E-state index < -0.39 is 17.6 Å². The number of amides is 1. The quantitative estimate of drug-likeness (QED) is 0.726. The summed E-state index contributed by atoms with van der Waals surface area (Å²) in [6, 6.07) is 10.5. The van der Waals surface area contributed by atoms with Gasteiger partial charge in [0.1, 0.15) is 0 Å². The monoisotopic (exact) mass is 444 g/mol. The summed E-state index contributed by atoms with van der Waals surface area (Å²) in [4.78, 5) is 17.0. The van der Waals surface area contributed by atoms with Gasteiger partial charge in [0.25, 0.3) is 5.91 Å². The third kappa shape index (κ3) is 5.87. The first-order valence-electron chi connectivity index (χ1n) is 10.5. The minimum Gasteiger partial charge on any atom is -0.322 e. The van der Waals surface area contributed by atoms with E-state index in [-0.39, 0.29) is 17.2 Å². The molecule has 2 aromatic rings. The highest BCUT2D eigenvalue weighted by atomic mass is 19.4. The highest BCUT2D eigenvalue weighted by Crippen LogP contribution is 2.32. The summed E-state index contributed by atoms with van der Waals surface area (Å²) in [6.07, 6.45) is -4.52. The molecule has 0 saturated carbocycles. The fraction of sp³-hybridized carbons (Fsp3) is 0.417. The second-order valence-corrected chi connectivity index (χ2v) is 8.52. The molecule has 170 valence electrons. The lowest BCUT2D eigenvalue weighted by Crippen LogP contribution is -2.43. The SMILES string of the molecule is CC(C)c1ccc(C(=O)Nc2cc(CN3CCN(C)CC3)cc(C(F)(F)F)c2)cc1C#N. The maximum absolute atomic E-state index is 13.5. The number of carbonyl (C=O) groups is 1. The van der Waals surface area contributed by atoms with Crippen LogP contribution >= 0.6 is 0 Å². The Kier molecular flexibility index (Phi) is 7.22. The highest BCUT2D eigenvalue weighted by Gasteiger charge is 2.31. The van der Waals surface area contributed by atoms with Crippen molar-refractivity contribution in [2.75, 3.05) is 38.5 Å². The van der Waals surface area contributed by atoms with Crippen LogP contribution in [0.15, 0.2) is 36.4 Å². The summed E-state index contributed by atoms with van der Waals surface area (Å²) >= 11 is 0. The topological polar surface area (TPSA) is 59.4 Å². The third-order valence-corrected chi connectivity index (χ3v) is 5.64. The summed E-state index contributed by atoms with van der Waals surface area (Å²) in [7, 11) is 2.01. The largest absolute Gasteiger partial charge is 0.416 e. The Morgan fingerprint density at radius 1 is 1.12 bits per heavy atom. The van der Waals surface area contributed by atoms with Gasteiger partial charge < -0.3 is 10.2 Å². The fourth-order valence-corrected chi connectivity index (χ4v) is 3.78. The Balaban J connectivity index is 1.85. The number of nitrogens with zero attached hydrogens (tertiary/aromatic N) is 3. The van der Waals surface area contributed by atoms with Crippen molar-refractivity contribution in [2.45, 2.75) is 32.5 Å². The van der Waals surface area contributed by atoms with Crippen LogP contribution in [0.4, 0.5) is 18.9 Å². The van der Waals surface area contributed by atoms with E-state index in [0.29, 0.717) is 17.7 Å². The molecule has 2 aromatic carbocycles. The normalized spacial score (nSPS) is 15.6. The predicted octanol–water partition coefficient (Wildman–Crippen LogP) is 4.70. The van der Waals surface area contributed by atoms with Crippen molar-refractivity contribution in [3.8, 4) is 6.07 Å². The number of rotatable bonds is 5. The van der Waals surface area contributed by atoms with Crippen molar-refractivity contribution in [3.63, 3.8) is 0 Å². The second-order valence-electron chi connectivity index (χ2n) is 8.52. The zero-order chi connectivity index (χ0) is 23.5. The van der Waals surface area contributed by atoms with E-state index in [1.165, 1.54) is 6.07 Å². The van der Waals surface area contributed by atoms with Gasteiger partial charge in [0.15, 0.2) is 0 Å². The molecule has 1 aliphatic rings. The van der Waals surface area contributed by atoms with Gasteiger partial charge in [0.05, 0.1) is 17.2 Å². The Bertz CT molecular complexity index is 1020. The van der Waals surface area contributed by atoms with E-state index in [1.807, 2.05) is 20.9 Å². The van der Waals surface area contributed by atoms with Gasteiger partial charge in [-0.1, -0.05) is 19.9 Å². The van der Waals surface area contributed by atoms with Crippen LogP contribution in [0.25, 0.3) is 0 Å². The summed E-state index contributed by atoms with van der Waals surface area (Å²) in [6.45, 7) is 7.52. The van der Waals surface area contributed by atoms with Gasteiger partial charge >= 0.3 is 6.18 Å². The number of hydrogen-bond acceptors (Lipinski definition) is 4. The fourth-order valence-electron chi connectivity index (χ4n) is 3.78. The molecule has 0 unspecified atom stereocenters. The lowest BCUT2D eigenvalue weighted by molar-refractivity contribution is -0.137. The van der Waals surface area contributed by atoms with Gasteiger partial charge in [-0.3, -0.25) is 9.69 Å². The zero-order valence-electron chi connectivity index (χ0n) is 18.5. The average molecular weight is 445 g/mol. The molecule has 3 rings (SSSR count). The van der Waals surface area contributed by atoms with Crippen molar-refractivity contribution >= 4 is 11.6 Å². The number of nitriles is 1. The number of piperazine rings is 1. The lowest BCUT2D eigenvalue weighted by Gasteiger charge is -2.32. The maximum atomic E-state index is 13.5. The molecule has 8 heteroatoms. The number of halogens is 3. The number of benzene rings is 2. The van der Waals surface area contributed by atoms with Crippen molar-refractivity contribution in [2.24, 2.45) is 0 Å². The summed E-state index contributed by atoms with van der Waals surface area (Å²) < 4.78 is 40.5. The Hall–Kier alpha value is -2.89. The van der Waals surface area contributed by atoms with Gasteiger partial charge in [-0.2, -0.15) is 18.4 Å². The Labute approximate surface area is 186 Å². The van der Waals surface area contributed by atoms with Crippen molar-refractivity contribution < 1.29 is 18.0 Å². The molecule has 1 amide bonds. The lowest BCUT2D eigenvalue weighted by atomic mass is 9.96. The van der Waals surface area contributed by atoms with Crippen LogP contribution < -0.4 is 5.32 Å². The molecular formula is C24H27F3N4O. The molecular weight excluding hydrogens is 417 g/mol. The number of carbonyl (C=O) groups excluding carboxylic acids is 1. The first kappa shape index (κ1) is 23.8. The first-order valence-corrected chi connectivity index (χ1v) is 10.5. The Morgan fingerprint density at radius 3 is 2.41 bits per heavy atom. The molecule has 0 radical (unpaired) electrons. The summed E-state index contributed by atoms with van der Waals surface area (Å²) in [5.41, 5.74) is 1.20. The number of likely N-dealkylation sites (N-methyl/N-ethyl adjacent to an activating group) is 1. The van der Waals surface area contributed by atoms with Crippen molar-refractivity contribution in [1.29, 1.82) is 5.26 Å². The van der Waals surface area contributed by atoms with E-state index in [1.54, 1.807) is 18.2 Å². The first-order chi connectivity index (χ1) is 15.1. The standard InChI is InChI=1S/C24H27F3N4O/c1-16(2)22-5-4-18(12-19(22)14-28)23(32)29-21-11-17(10-20(13-21)24(25,26)27)15-31-8-6-30(3)7-9-31/h4-5,10-13,16H,6-9,15H2,1-3H3,(H,29,32). The molecule has 0 spiro atoms. The van der Waals surface area contributed by atoms with Crippen LogP contribution in [0.5, 0.6) is 0 Å². The molecule has 1 fully saturated rings. The van der Waals surface area contributed by atoms with Crippen LogP contribution in [0, 0.1) is 11.3 Å². The van der Waals surface area contributed by atoms with Crippen molar-refractivity contribution in [1.82, 2.24) is 9.80 Å². The molecule has 1 saturated heterocycles. The van der Waals surface area contributed by atoms with E-state index in [0.717, 1.165) is 43.9 Å². The minimum atomic E-state index is -4.52. The smallest absolute Gasteiger partial charge is 0.322 e. The molecule has 32 heavy (non-hydrogen) atoms. The van der Waals surface area contributed by atoms with E-state index in [2.05, 4.69) is 21.2 Å². The van der Waals surface area contributed by atoms with Crippen LogP contribution in [0.1, 0.15) is 52.4 Å². The van der Waals surface area contributed by atoms with E-state index >= 15 is 0 Å². The highest BCUT2D eigenvalue weighted by molar-refractivity contribution is 6.04. The molecule has 0 bridgehead atoms. The van der Waals surface area contributed by atoms with Crippen LogP contribution in [-0.4, -0.2) is 48.9 Å². The predicted molar refractivity (Wildman–Crippen MR) is 117 cm³/mol. The number of alkyl halides is 3.